The van der Waals surface area contributed by atoms with Gasteiger partial charge in [-0.2, -0.15) is 0 Å². The van der Waals surface area contributed by atoms with Crippen LogP contribution in [0.25, 0.3) is 0 Å². The van der Waals surface area contributed by atoms with Gasteiger partial charge >= 0.3 is 6.03 Å². The highest BCUT2D eigenvalue weighted by Gasteiger charge is 2.32. The van der Waals surface area contributed by atoms with Crippen LogP contribution in [0.1, 0.15) is 48.8 Å². The molecule has 1 aromatic heterocycles. The molecule has 0 unspecified atom stereocenters. The number of benzene rings is 1. The third kappa shape index (κ3) is 5.46. The summed E-state index contributed by atoms with van der Waals surface area (Å²) >= 11 is 0. The van der Waals surface area contributed by atoms with Crippen LogP contribution in [0, 0.1) is 32.0 Å². The lowest BCUT2D eigenvalue weighted by Gasteiger charge is -2.38. The Morgan fingerprint density at radius 1 is 1.03 bits per heavy atom. The topological polar surface area (TPSA) is 66.1 Å². The van der Waals surface area contributed by atoms with Crippen molar-refractivity contribution in [3.63, 3.8) is 0 Å². The van der Waals surface area contributed by atoms with E-state index >= 15 is 0 Å². The van der Waals surface area contributed by atoms with Crippen LogP contribution in [0.5, 0.6) is 0 Å². The van der Waals surface area contributed by atoms with Crippen molar-refractivity contribution in [1.82, 2.24) is 10.3 Å². The monoisotopic (exact) mass is 398 g/mol. The van der Waals surface area contributed by atoms with Gasteiger partial charge in [0.15, 0.2) is 0 Å². The second-order valence-corrected chi connectivity index (χ2v) is 8.33. The van der Waals surface area contributed by atoms with E-state index in [1.54, 1.807) is 19.1 Å². The van der Waals surface area contributed by atoms with Crippen LogP contribution in [-0.2, 0) is 0 Å². The van der Waals surface area contributed by atoms with E-state index in [1.807, 2.05) is 12.4 Å². The third-order valence-electron chi connectivity index (χ3n) is 5.92. The van der Waals surface area contributed by atoms with E-state index in [9.17, 15) is 9.18 Å². The van der Waals surface area contributed by atoms with Gasteiger partial charge in [-0.25, -0.2) is 9.18 Å². The summed E-state index contributed by atoms with van der Waals surface area (Å²) in [6.45, 7) is 7.23. The molecule has 1 aromatic carbocycles. The zero-order valence-corrected chi connectivity index (χ0v) is 17.6. The number of urea groups is 1. The molecule has 3 rings (SSSR count). The van der Waals surface area contributed by atoms with Crippen molar-refractivity contribution in [1.29, 1.82) is 0 Å². The van der Waals surface area contributed by atoms with E-state index < -0.39 is 0 Å². The molecule has 0 bridgehead atoms. The number of pyridine rings is 1. The SMILES string of the molecule is Cc1cc(NC(=O)NCC2(CNc3c(C)cncc3C)CCCCC2)ccc1F. The van der Waals surface area contributed by atoms with Gasteiger partial charge in [-0.3, -0.25) is 4.98 Å². The van der Waals surface area contributed by atoms with Crippen LogP contribution >= 0.6 is 0 Å². The lowest BCUT2D eigenvalue weighted by molar-refractivity contribution is 0.196. The lowest BCUT2D eigenvalue weighted by Crippen LogP contribution is -2.44. The molecule has 2 amide bonds. The van der Waals surface area contributed by atoms with Crippen molar-refractivity contribution in [2.75, 3.05) is 23.7 Å². The van der Waals surface area contributed by atoms with E-state index in [2.05, 4.69) is 34.8 Å². The standard InChI is InChI=1S/C23H31FN4O/c1-16-11-19(7-8-20(16)24)28-22(29)27-15-23(9-5-4-6-10-23)14-26-21-17(2)12-25-13-18(21)3/h7-8,11-13H,4-6,9-10,14-15H2,1-3H3,(H,25,26)(H2,27,28,29). The van der Waals surface area contributed by atoms with Gasteiger partial charge < -0.3 is 16.0 Å². The number of rotatable bonds is 6. The summed E-state index contributed by atoms with van der Waals surface area (Å²) in [6.07, 6.45) is 9.51. The van der Waals surface area contributed by atoms with Gasteiger partial charge in [0.05, 0.1) is 0 Å². The maximum atomic E-state index is 13.4. The van der Waals surface area contributed by atoms with Crippen LogP contribution in [0.4, 0.5) is 20.6 Å². The Morgan fingerprint density at radius 2 is 1.72 bits per heavy atom. The normalized spacial score (nSPS) is 15.6. The summed E-state index contributed by atoms with van der Waals surface area (Å²) < 4.78 is 13.4. The molecule has 0 atom stereocenters. The lowest BCUT2D eigenvalue weighted by atomic mass is 9.73. The highest BCUT2D eigenvalue weighted by atomic mass is 19.1. The van der Waals surface area contributed by atoms with Gasteiger partial charge in [-0.15, -0.1) is 0 Å². The van der Waals surface area contributed by atoms with Crippen LogP contribution < -0.4 is 16.0 Å². The van der Waals surface area contributed by atoms with Gasteiger partial charge in [0.25, 0.3) is 0 Å². The molecule has 29 heavy (non-hydrogen) atoms. The molecule has 1 aliphatic rings. The Morgan fingerprint density at radius 3 is 2.38 bits per heavy atom. The summed E-state index contributed by atoms with van der Waals surface area (Å²) in [7, 11) is 0. The van der Waals surface area contributed by atoms with E-state index in [1.165, 1.54) is 25.3 Å². The smallest absolute Gasteiger partial charge is 0.319 e. The van der Waals surface area contributed by atoms with Crippen LogP contribution in [0.15, 0.2) is 30.6 Å². The van der Waals surface area contributed by atoms with Crippen molar-refractivity contribution in [3.8, 4) is 0 Å². The van der Waals surface area contributed by atoms with Crippen molar-refractivity contribution in [2.24, 2.45) is 5.41 Å². The zero-order chi connectivity index (χ0) is 20.9. The molecule has 0 aliphatic heterocycles. The third-order valence-corrected chi connectivity index (χ3v) is 5.92. The first kappa shape index (κ1) is 21.1. The summed E-state index contributed by atoms with van der Waals surface area (Å²) in [5.74, 6) is -0.273. The van der Waals surface area contributed by atoms with Crippen molar-refractivity contribution < 1.29 is 9.18 Å². The molecule has 156 valence electrons. The Kier molecular flexibility index (Phi) is 6.72. The van der Waals surface area contributed by atoms with Gasteiger partial charge in [0, 0.05) is 42.3 Å². The van der Waals surface area contributed by atoms with Crippen molar-refractivity contribution >= 4 is 17.4 Å². The molecule has 2 aromatic rings. The highest BCUT2D eigenvalue weighted by Crippen LogP contribution is 2.36. The van der Waals surface area contributed by atoms with Crippen molar-refractivity contribution in [2.45, 2.75) is 52.9 Å². The molecular weight excluding hydrogens is 367 g/mol. The van der Waals surface area contributed by atoms with E-state index in [-0.39, 0.29) is 17.3 Å². The second-order valence-electron chi connectivity index (χ2n) is 8.33. The van der Waals surface area contributed by atoms with Gasteiger partial charge in [0.2, 0.25) is 0 Å². The number of aryl methyl sites for hydroxylation is 3. The van der Waals surface area contributed by atoms with Gasteiger partial charge in [-0.1, -0.05) is 19.3 Å². The van der Waals surface area contributed by atoms with Crippen LogP contribution in [-0.4, -0.2) is 24.1 Å². The van der Waals surface area contributed by atoms with Gasteiger partial charge in [-0.05, 0) is 68.5 Å². The van der Waals surface area contributed by atoms with E-state index in [0.29, 0.717) is 17.8 Å². The largest absolute Gasteiger partial charge is 0.384 e. The molecule has 5 nitrogen and oxygen atoms in total. The zero-order valence-electron chi connectivity index (χ0n) is 17.6. The number of nitrogens with one attached hydrogen (secondary N) is 3. The summed E-state index contributed by atoms with van der Waals surface area (Å²) in [4.78, 5) is 16.7. The number of anilines is 2. The number of carbonyl (C=O) groups excluding carboxylic acids is 1. The Hall–Kier alpha value is -2.63. The minimum absolute atomic E-state index is 0.0243. The Labute approximate surface area is 172 Å². The second kappa shape index (κ2) is 9.25. The molecule has 1 fully saturated rings. The number of amides is 2. The molecule has 0 saturated heterocycles. The Balaban J connectivity index is 1.62. The Bertz CT molecular complexity index is 842. The molecular formula is C23H31FN4O. The predicted octanol–water partition coefficient (Wildman–Crippen LogP) is 5.33. The summed E-state index contributed by atoms with van der Waals surface area (Å²) in [6, 6.07) is 4.34. The first-order valence-electron chi connectivity index (χ1n) is 10.3. The molecule has 1 saturated carbocycles. The number of carbonyl (C=O) groups is 1. The highest BCUT2D eigenvalue weighted by molar-refractivity contribution is 5.89. The molecule has 1 aliphatic carbocycles. The summed E-state index contributed by atoms with van der Waals surface area (Å²) in [5.41, 5.74) is 4.54. The average molecular weight is 399 g/mol. The number of nitrogens with zero attached hydrogens (tertiary/aromatic N) is 1. The molecule has 0 spiro atoms. The first-order chi connectivity index (χ1) is 13.9. The maximum absolute atomic E-state index is 13.4. The fourth-order valence-electron chi connectivity index (χ4n) is 4.14. The minimum atomic E-state index is -0.273. The molecule has 3 N–H and O–H groups in total. The van der Waals surface area contributed by atoms with Crippen LogP contribution in [0.3, 0.4) is 0 Å². The molecule has 6 heteroatoms. The molecule has 0 radical (unpaired) electrons. The van der Waals surface area contributed by atoms with Crippen molar-refractivity contribution in [3.05, 3.63) is 53.1 Å². The number of hydrogen-bond donors (Lipinski definition) is 3. The summed E-state index contributed by atoms with van der Waals surface area (Å²) in [5, 5.41) is 9.48. The van der Waals surface area contributed by atoms with Gasteiger partial charge in [0.1, 0.15) is 5.82 Å². The predicted molar refractivity (Wildman–Crippen MR) is 116 cm³/mol. The van der Waals surface area contributed by atoms with Crippen LogP contribution in [0.2, 0.25) is 0 Å². The quantitative estimate of drug-likeness (QED) is 0.616. The fraction of sp³-hybridized carbons (Fsp3) is 0.478. The minimum Gasteiger partial charge on any atom is -0.384 e. The number of aromatic nitrogens is 1. The fourth-order valence-corrected chi connectivity index (χ4v) is 4.14. The number of hydrogen-bond acceptors (Lipinski definition) is 3. The average Bonchev–Trinajstić information content (AvgIpc) is 2.70. The maximum Gasteiger partial charge on any atom is 0.319 e. The first-order valence-corrected chi connectivity index (χ1v) is 10.3. The number of halogens is 1. The van der Waals surface area contributed by atoms with E-state index in [0.717, 1.165) is 36.2 Å². The van der Waals surface area contributed by atoms with E-state index in [4.69, 9.17) is 0 Å². The molecule has 1 heterocycles.